The standard InChI is InChI=1S/C17H21FN4/c1-13-12-16(22-10-4-2-3-5-11-22)21-17(19-13)20-15-8-6-14(18)7-9-15/h6-9,12H,2-5,10-11H2,1H3,(H,19,20,21). The summed E-state index contributed by atoms with van der Waals surface area (Å²) in [4.78, 5) is 11.4. The number of aromatic nitrogens is 2. The molecular formula is C17H21FN4. The maximum Gasteiger partial charge on any atom is 0.229 e. The molecule has 0 spiro atoms. The first kappa shape index (κ1) is 14.8. The van der Waals surface area contributed by atoms with Crippen LogP contribution in [0.15, 0.2) is 30.3 Å². The third kappa shape index (κ3) is 3.72. The van der Waals surface area contributed by atoms with Gasteiger partial charge in [-0.25, -0.2) is 9.37 Å². The van der Waals surface area contributed by atoms with Crippen LogP contribution < -0.4 is 10.2 Å². The van der Waals surface area contributed by atoms with E-state index >= 15 is 0 Å². The molecule has 5 heteroatoms. The van der Waals surface area contributed by atoms with E-state index in [9.17, 15) is 4.39 Å². The Morgan fingerprint density at radius 3 is 2.36 bits per heavy atom. The first-order valence-electron chi connectivity index (χ1n) is 7.84. The molecular weight excluding hydrogens is 279 g/mol. The van der Waals surface area contributed by atoms with Crippen LogP contribution >= 0.6 is 0 Å². The number of aryl methyl sites for hydroxylation is 1. The second kappa shape index (κ2) is 6.73. The maximum absolute atomic E-state index is 13.0. The SMILES string of the molecule is Cc1cc(N2CCCCCC2)nc(Nc2ccc(F)cc2)n1. The Kier molecular flexibility index (Phi) is 4.51. The van der Waals surface area contributed by atoms with Crippen molar-refractivity contribution in [2.75, 3.05) is 23.3 Å². The quantitative estimate of drug-likeness (QED) is 0.928. The van der Waals surface area contributed by atoms with Crippen LogP contribution in [0.3, 0.4) is 0 Å². The lowest BCUT2D eigenvalue weighted by atomic mass is 10.2. The van der Waals surface area contributed by atoms with Gasteiger partial charge in [0.05, 0.1) is 0 Å². The van der Waals surface area contributed by atoms with Crippen molar-refractivity contribution in [3.8, 4) is 0 Å². The van der Waals surface area contributed by atoms with Gasteiger partial charge in [-0.05, 0) is 44.0 Å². The van der Waals surface area contributed by atoms with Crippen molar-refractivity contribution in [1.29, 1.82) is 0 Å². The second-order valence-electron chi connectivity index (χ2n) is 5.72. The summed E-state index contributed by atoms with van der Waals surface area (Å²) in [5, 5.41) is 3.15. The van der Waals surface area contributed by atoms with Crippen LogP contribution in [0.25, 0.3) is 0 Å². The molecule has 1 aromatic heterocycles. The fraction of sp³-hybridized carbons (Fsp3) is 0.412. The third-order valence-corrected chi connectivity index (χ3v) is 3.87. The van der Waals surface area contributed by atoms with E-state index in [2.05, 4.69) is 20.2 Å². The Bertz CT molecular complexity index is 619. The van der Waals surface area contributed by atoms with Gasteiger partial charge >= 0.3 is 0 Å². The minimum Gasteiger partial charge on any atom is -0.356 e. The van der Waals surface area contributed by atoms with Gasteiger partial charge in [-0.1, -0.05) is 12.8 Å². The predicted molar refractivity (Wildman–Crippen MR) is 87.1 cm³/mol. The van der Waals surface area contributed by atoms with Gasteiger partial charge in [-0.15, -0.1) is 0 Å². The molecule has 3 rings (SSSR count). The average Bonchev–Trinajstić information content (AvgIpc) is 2.78. The molecule has 1 saturated heterocycles. The van der Waals surface area contributed by atoms with Gasteiger partial charge in [0, 0.05) is 30.5 Å². The summed E-state index contributed by atoms with van der Waals surface area (Å²) in [5.74, 6) is 1.28. The van der Waals surface area contributed by atoms with E-state index in [0.717, 1.165) is 30.3 Å². The average molecular weight is 300 g/mol. The summed E-state index contributed by atoms with van der Waals surface area (Å²) < 4.78 is 13.0. The normalized spacial score (nSPS) is 15.5. The lowest BCUT2D eigenvalue weighted by molar-refractivity contribution is 0.628. The van der Waals surface area contributed by atoms with Gasteiger partial charge in [-0.3, -0.25) is 0 Å². The molecule has 0 unspecified atom stereocenters. The van der Waals surface area contributed by atoms with E-state index in [1.54, 1.807) is 12.1 Å². The summed E-state index contributed by atoms with van der Waals surface area (Å²) in [6, 6.07) is 8.25. The molecule has 1 N–H and O–H groups in total. The van der Waals surface area contributed by atoms with Crippen LogP contribution in [0.1, 0.15) is 31.4 Å². The molecule has 0 saturated carbocycles. The molecule has 116 valence electrons. The monoisotopic (exact) mass is 300 g/mol. The van der Waals surface area contributed by atoms with Crippen molar-refractivity contribution in [3.05, 3.63) is 41.8 Å². The van der Waals surface area contributed by atoms with Crippen molar-refractivity contribution < 1.29 is 4.39 Å². The molecule has 2 heterocycles. The van der Waals surface area contributed by atoms with Gasteiger partial charge in [0.15, 0.2) is 0 Å². The van der Waals surface area contributed by atoms with Crippen LogP contribution in [-0.4, -0.2) is 23.1 Å². The van der Waals surface area contributed by atoms with Crippen LogP contribution in [-0.2, 0) is 0 Å². The zero-order chi connectivity index (χ0) is 15.4. The van der Waals surface area contributed by atoms with E-state index in [0.29, 0.717) is 5.95 Å². The van der Waals surface area contributed by atoms with Crippen molar-refractivity contribution in [3.63, 3.8) is 0 Å². The van der Waals surface area contributed by atoms with Crippen LogP contribution in [0.5, 0.6) is 0 Å². The number of hydrogen-bond donors (Lipinski definition) is 1. The molecule has 0 aliphatic carbocycles. The second-order valence-corrected chi connectivity index (χ2v) is 5.72. The number of nitrogens with zero attached hydrogens (tertiary/aromatic N) is 3. The van der Waals surface area contributed by atoms with Crippen molar-refractivity contribution in [2.45, 2.75) is 32.6 Å². The fourth-order valence-corrected chi connectivity index (χ4v) is 2.73. The zero-order valence-electron chi connectivity index (χ0n) is 12.8. The van der Waals surface area contributed by atoms with Crippen molar-refractivity contribution >= 4 is 17.5 Å². The smallest absolute Gasteiger partial charge is 0.229 e. The number of hydrogen-bond acceptors (Lipinski definition) is 4. The van der Waals surface area contributed by atoms with E-state index in [-0.39, 0.29) is 5.82 Å². The number of benzene rings is 1. The van der Waals surface area contributed by atoms with E-state index in [1.807, 2.05) is 13.0 Å². The number of rotatable bonds is 3. The lowest BCUT2D eigenvalue weighted by Crippen LogP contribution is -2.25. The molecule has 22 heavy (non-hydrogen) atoms. The van der Waals surface area contributed by atoms with Crippen LogP contribution in [0, 0.1) is 12.7 Å². The largest absolute Gasteiger partial charge is 0.356 e. The van der Waals surface area contributed by atoms with Gasteiger partial charge < -0.3 is 10.2 Å². The summed E-state index contributed by atoms with van der Waals surface area (Å²) in [6.45, 7) is 4.07. The minimum atomic E-state index is -0.249. The van der Waals surface area contributed by atoms with Gasteiger partial charge in [0.1, 0.15) is 11.6 Å². The number of anilines is 3. The highest BCUT2D eigenvalue weighted by Crippen LogP contribution is 2.21. The highest BCUT2D eigenvalue weighted by atomic mass is 19.1. The fourth-order valence-electron chi connectivity index (χ4n) is 2.73. The summed E-state index contributed by atoms with van der Waals surface area (Å²) in [7, 11) is 0. The Hall–Kier alpha value is -2.17. The summed E-state index contributed by atoms with van der Waals surface area (Å²) in [6.07, 6.45) is 5.01. The van der Waals surface area contributed by atoms with E-state index in [4.69, 9.17) is 0 Å². The molecule has 1 aromatic carbocycles. The van der Waals surface area contributed by atoms with E-state index < -0.39 is 0 Å². The van der Waals surface area contributed by atoms with Gasteiger partial charge in [0.2, 0.25) is 5.95 Å². The van der Waals surface area contributed by atoms with Gasteiger partial charge in [-0.2, -0.15) is 4.98 Å². The Labute approximate surface area is 130 Å². The van der Waals surface area contributed by atoms with Crippen molar-refractivity contribution in [2.24, 2.45) is 0 Å². The Morgan fingerprint density at radius 2 is 1.68 bits per heavy atom. The first-order chi connectivity index (χ1) is 10.7. The molecule has 0 atom stereocenters. The summed E-state index contributed by atoms with van der Waals surface area (Å²) in [5.41, 5.74) is 1.72. The topological polar surface area (TPSA) is 41.1 Å². The summed E-state index contributed by atoms with van der Waals surface area (Å²) >= 11 is 0. The number of nitrogens with one attached hydrogen (secondary N) is 1. The lowest BCUT2D eigenvalue weighted by Gasteiger charge is -2.22. The highest BCUT2D eigenvalue weighted by Gasteiger charge is 2.13. The predicted octanol–water partition coefficient (Wildman–Crippen LogP) is 4.05. The van der Waals surface area contributed by atoms with Crippen LogP contribution in [0.2, 0.25) is 0 Å². The highest BCUT2D eigenvalue weighted by molar-refractivity contribution is 5.55. The molecule has 4 nitrogen and oxygen atoms in total. The maximum atomic E-state index is 13.0. The van der Waals surface area contributed by atoms with Crippen LogP contribution in [0.4, 0.5) is 21.8 Å². The Morgan fingerprint density at radius 1 is 1.00 bits per heavy atom. The Balaban J connectivity index is 1.81. The zero-order valence-corrected chi connectivity index (χ0v) is 12.8. The van der Waals surface area contributed by atoms with Gasteiger partial charge in [0.25, 0.3) is 0 Å². The van der Waals surface area contributed by atoms with E-state index in [1.165, 1.54) is 37.8 Å². The van der Waals surface area contributed by atoms with Crippen molar-refractivity contribution in [1.82, 2.24) is 9.97 Å². The molecule has 1 aliphatic heterocycles. The number of halogens is 1. The first-order valence-corrected chi connectivity index (χ1v) is 7.84. The molecule has 1 fully saturated rings. The molecule has 0 radical (unpaired) electrons. The third-order valence-electron chi connectivity index (χ3n) is 3.87. The minimum absolute atomic E-state index is 0.249. The molecule has 0 amide bonds. The molecule has 0 bridgehead atoms. The molecule has 2 aromatic rings. The molecule has 1 aliphatic rings.